The average Bonchev–Trinajstić information content (AvgIpc) is 3.33. The van der Waals surface area contributed by atoms with Crippen LogP contribution in [-0.2, 0) is 6.54 Å². The van der Waals surface area contributed by atoms with Gasteiger partial charge in [-0.25, -0.2) is 14.4 Å². The Morgan fingerprint density at radius 2 is 1.95 bits per heavy atom. The zero-order valence-corrected chi connectivity index (χ0v) is 12.1. The molecule has 0 atom stereocenters. The Balaban J connectivity index is 1.75. The van der Waals surface area contributed by atoms with Crippen molar-refractivity contribution in [2.75, 3.05) is 11.4 Å². The topological polar surface area (TPSA) is 41.1 Å². The monoisotopic (exact) mass is 286 g/mol. The number of nitrogens with one attached hydrogen (secondary N) is 1. The number of halogens is 1. The smallest absolute Gasteiger partial charge is 0.229 e. The Hall–Kier alpha value is -2.01. The highest BCUT2D eigenvalue weighted by Gasteiger charge is 2.20. The summed E-state index contributed by atoms with van der Waals surface area (Å²) in [7, 11) is 0. The first-order chi connectivity index (χ1) is 10.3. The van der Waals surface area contributed by atoms with Crippen molar-refractivity contribution in [3.63, 3.8) is 0 Å². The van der Waals surface area contributed by atoms with Crippen molar-refractivity contribution in [1.29, 1.82) is 0 Å². The van der Waals surface area contributed by atoms with Gasteiger partial charge in [-0.2, -0.15) is 0 Å². The molecule has 3 rings (SSSR count). The summed E-state index contributed by atoms with van der Waals surface area (Å²) in [4.78, 5) is 10.5. The molecule has 0 bridgehead atoms. The Labute approximate surface area is 124 Å². The summed E-state index contributed by atoms with van der Waals surface area (Å²) in [5.41, 5.74) is 1.55. The van der Waals surface area contributed by atoms with Gasteiger partial charge in [-0.3, -0.25) is 0 Å². The molecule has 21 heavy (non-hydrogen) atoms. The van der Waals surface area contributed by atoms with Crippen LogP contribution in [0.5, 0.6) is 0 Å². The highest BCUT2D eigenvalue weighted by atomic mass is 19.1. The first kappa shape index (κ1) is 13.9. The molecule has 1 saturated carbocycles. The van der Waals surface area contributed by atoms with Gasteiger partial charge in [0, 0.05) is 37.1 Å². The average molecular weight is 286 g/mol. The fourth-order valence-corrected chi connectivity index (χ4v) is 2.22. The van der Waals surface area contributed by atoms with Crippen molar-refractivity contribution < 1.29 is 4.39 Å². The molecule has 5 heteroatoms. The summed E-state index contributed by atoms with van der Waals surface area (Å²) in [5.74, 6) is 0.264. The fourth-order valence-electron chi connectivity index (χ4n) is 2.22. The normalized spacial score (nSPS) is 14.2. The highest BCUT2D eigenvalue weighted by molar-refractivity contribution is 5.57. The highest BCUT2D eigenvalue weighted by Crippen LogP contribution is 2.24. The summed E-state index contributed by atoms with van der Waals surface area (Å²) in [6, 6.07) is 7.35. The zero-order valence-electron chi connectivity index (χ0n) is 12.1. The summed E-state index contributed by atoms with van der Waals surface area (Å²) < 4.78 is 13.9. The van der Waals surface area contributed by atoms with Crippen molar-refractivity contribution >= 4 is 11.6 Å². The van der Waals surface area contributed by atoms with E-state index >= 15 is 0 Å². The summed E-state index contributed by atoms with van der Waals surface area (Å²) in [6.45, 7) is 3.36. The number of rotatable bonds is 6. The van der Waals surface area contributed by atoms with Crippen LogP contribution in [0.25, 0.3) is 0 Å². The van der Waals surface area contributed by atoms with E-state index in [9.17, 15) is 4.39 Å². The lowest BCUT2D eigenvalue weighted by molar-refractivity contribution is 0.624. The van der Waals surface area contributed by atoms with Crippen molar-refractivity contribution in [1.82, 2.24) is 15.3 Å². The molecule has 1 aliphatic rings. The number of benzene rings is 1. The predicted molar refractivity (Wildman–Crippen MR) is 81.0 cm³/mol. The molecule has 0 unspecified atom stereocenters. The van der Waals surface area contributed by atoms with E-state index in [0.717, 1.165) is 12.1 Å². The Bertz CT molecular complexity index is 595. The van der Waals surface area contributed by atoms with Crippen molar-refractivity contribution in [2.45, 2.75) is 32.4 Å². The van der Waals surface area contributed by atoms with Crippen molar-refractivity contribution in [2.24, 2.45) is 0 Å². The first-order valence-corrected chi connectivity index (χ1v) is 7.34. The first-order valence-electron chi connectivity index (χ1n) is 7.34. The van der Waals surface area contributed by atoms with E-state index in [0.29, 0.717) is 24.2 Å². The van der Waals surface area contributed by atoms with E-state index in [4.69, 9.17) is 0 Å². The van der Waals surface area contributed by atoms with E-state index < -0.39 is 0 Å². The molecule has 1 N–H and O–H groups in total. The van der Waals surface area contributed by atoms with Crippen molar-refractivity contribution in [3.05, 3.63) is 48.0 Å². The van der Waals surface area contributed by atoms with Gasteiger partial charge in [0.2, 0.25) is 5.95 Å². The van der Waals surface area contributed by atoms with Gasteiger partial charge < -0.3 is 10.2 Å². The van der Waals surface area contributed by atoms with Crippen LogP contribution in [0.15, 0.2) is 36.7 Å². The van der Waals surface area contributed by atoms with Crippen LogP contribution < -0.4 is 10.2 Å². The molecule has 1 aliphatic carbocycles. The molecule has 0 radical (unpaired) electrons. The lowest BCUT2D eigenvalue weighted by atomic mass is 10.3. The maximum absolute atomic E-state index is 13.9. The number of para-hydroxylation sites is 1. The maximum Gasteiger partial charge on any atom is 0.229 e. The number of hydrogen-bond donors (Lipinski definition) is 1. The van der Waals surface area contributed by atoms with Gasteiger partial charge in [0.05, 0.1) is 5.69 Å². The minimum absolute atomic E-state index is 0.262. The molecule has 0 aliphatic heterocycles. The molecule has 110 valence electrons. The molecular formula is C16H19FN4. The summed E-state index contributed by atoms with van der Waals surface area (Å²) in [5, 5.41) is 3.42. The van der Waals surface area contributed by atoms with Crippen LogP contribution in [0.1, 0.15) is 25.3 Å². The molecule has 2 aromatic rings. The Morgan fingerprint density at radius 1 is 1.24 bits per heavy atom. The maximum atomic E-state index is 13.9. The van der Waals surface area contributed by atoms with E-state index in [-0.39, 0.29) is 5.82 Å². The van der Waals surface area contributed by atoms with Crippen LogP contribution >= 0.6 is 0 Å². The number of hydrogen-bond acceptors (Lipinski definition) is 4. The van der Waals surface area contributed by atoms with Crippen LogP contribution in [0.2, 0.25) is 0 Å². The SMILES string of the molecule is CCN(c1ncc(CNC2CC2)cn1)c1ccccc1F. The molecule has 4 nitrogen and oxygen atoms in total. The molecule has 0 saturated heterocycles. The molecule has 0 spiro atoms. The summed E-state index contributed by atoms with van der Waals surface area (Å²) in [6.07, 6.45) is 6.13. The molecule has 1 aromatic heterocycles. The molecular weight excluding hydrogens is 267 g/mol. The Kier molecular flexibility index (Phi) is 4.10. The largest absolute Gasteiger partial charge is 0.310 e. The number of aromatic nitrogens is 2. The lowest BCUT2D eigenvalue weighted by Crippen LogP contribution is -2.21. The predicted octanol–water partition coefficient (Wildman–Crippen LogP) is 3.03. The molecule has 0 amide bonds. The van der Waals surface area contributed by atoms with Gasteiger partial charge in [-0.05, 0) is 31.9 Å². The molecule has 1 fully saturated rings. The van der Waals surface area contributed by atoms with Gasteiger partial charge in [-0.1, -0.05) is 12.1 Å². The van der Waals surface area contributed by atoms with Crippen LogP contribution in [0, 0.1) is 5.82 Å². The van der Waals surface area contributed by atoms with Crippen LogP contribution in [-0.4, -0.2) is 22.6 Å². The second kappa shape index (κ2) is 6.18. The summed E-state index contributed by atoms with van der Waals surface area (Å²) >= 11 is 0. The lowest BCUT2D eigenvalue weighted by Gasteiger charge is -2.21. The van der Waals surface area contributed by atoms with Gasteiger partial charge in [0.25, 0.3) is 0 Å². The van der Waals surface area contributed by atoms with Gasteiger partial charge >= 0.3 is 0 Å². The van der Waals surface area contributed by atoms with Crippen LogP contribution in [0.4, 0.5) is 16.0 Å². The third-order valence-electron chi connectivity index (χ3n) is 3.56. The molecule has 1 aromatic carbocycles. The van der Waals surface area contributed by atoms with Crippen molar-refractivity contribution in [3.8, 4) is 0 Å². The van der Waals surface area contributed by atoms with E-state index in [2.05, 4.69) is 15.3 Å². The zero-order chi connectivity index (χ0) is 14.7. The van der Waals surface area contributed by atoms with E-state index in [1.165, 1.54) is 18.9 Å². The number of anilines is 2. The van der Waals surface area contributed by atoms with Gasteiger partial charge in [0.1, 0.15) is 5.82 Å². The standard InChI is InChI=1S/C16H19FN4/c1-2-21(15-6-4-3-5-14(15)17)16-19-10-12(11-20-16)9-18-13-7-8-13/h3-6,10-11,13,18H,2,7-9H2,1H3. The van der Waals surface area contributed by atoms with Gasteiger partial charge in [0.15, 0.2) is 0 Å². The second-order valence-corrected chi connectivity index (χ2v) is 5.24. The quantitative estimate of drug-likeness (QED) is 0.886. The van der Waals surface area contributed by atoms with Crippen LogP contribution in [0.3, 0.4) is 0 Å². The van der Waals surface area contributed by atoms with E-state index in [1.54, 1.807) is 29.4 Å². The van der Waals surface area contributed by atoms with E-state index in [1.807, 2.05) is 13.0 Å². The Morgan fingerprint density at radius 3 is 2.57 bits per heavy atom. The fraction of sp³-hybridized carbons (Fsp3) is 0.375. The third-order valence-corrected chi connectivity index (χ3v) is 3.56. The third kappa shape index (κ3) is 3.36. The van der Waals surface area contributed by atoms with Gasteiger partial charge in [-0.15, -0.1) is 0 Å². The minimum atomic E-state index is -0.262. The second-order valence-electron chi connectivity index (χ2n) is 5.24. The number of nitrogens with zero attached hydrogens (tertiary/aromatic N) is 3. The minimum Gasteiger partial charge on any atom is -0.310 e. The molecule has 1 heterocycles.